The fraction of sp³-hybridized carbons (Fsp3) is 0.471. The van der Waals surface area contributed by atoms with Crippen LogP contribution in [0.15, 0.2) is 29.2 Å². The largest absolute Gasteiger partial charge is 0.286 e. The first-order chi connectivity index (χ1) is 10.8. The van der Waals surface area contributed by atoms with Gasteiger partial charge in [-0.25, -0.2) is 13.5 Å². The lowest BCUT2D eigenvalue weighted by Gasteiger charge is -2.09. The van der Waals surface area contributed by atoms with E-state index in [2.05, 4.69) is 6.92 Å². The smallest absolute Gasteiger partial charge is 0.269 e. The van der Waals surface area contributed by atoms with E-state index in [4.69, 9.17) is 5.21 Å². The summed E-state index contributed by atoms with van der Waals surface area (Å²) in [6, 6.07) is 5.26. The minimum absolute atomic E-state index is 0.204. The summed E-state index contributed by atoms with van der Waals surface area (Å²) in [6.07, 6.45) is 9.04. The highest BCUT2D eigenvalue weighted by Crippen LogP contribution is 2.21. The van der Waals surface area contributed by atoms with E-state index >= 15 is 0 Å². The van der Waals surface area contributed by atoms with Crippen LogP contribution in [0.4, 0.5) is 0 Å². The number of nitrogens with zero attached hydrogens (tertiary/aromatic N) is 1. The van der Waals surface area contributed by atoms with Gasteiger partial charge in [0, 0.05) is 19.4 Å². The number of benzene rings is 1. The molecule has 1 rings (SSSR count). The average Bonchev–Trinajstić information content (AvgIpc) is 2.48. The molecular weight excluding hydrogens is 314 g/mol. The molecule has 0 bridgehead atoms. The van der Waals surface area contributed by atoms with Crippen molar-refractivity contribution in [1.82, 2.24) is 5.06 Å². The van der Waals surface area contributed by atoms with Crippen LogP contribution in [-0.2, 0) is 21.1 Å². The Morgan fingerprint density at radius 3 is 2.52 bits per heavy atom. The van der Waals surface area contributed by atoms with Crippen molar-refractivity contribution in [2.75, 3.05) is 13.3 Å². The van der Waals surface area contributed by atoms with Crippen LogP contribution in [0.2, 0.25) is 0 Å². The summed E-state index contributed by atoms with van der Waals surface area (Å²) in [7, 11) is -2.19. The molecule has 128 valence electrons. The Balaban J connectivity index is 3.01. The molecular formula is C17H25NO4S. The van der Waals surface area contributed by atoms with Gasteiger partial charge >= 0.3 is 0 Å². The normalized spacial score (nSPS) is 11.8. The van der Waals surface area contributed by atoms with Crippen LogP contribution >= 0.6 is 0 Å². The fourth-order valence-electron chi connectivity index (χ4n) is 2.22. The van der Waals surface area contributed by atoms with E-state index in [-0.39, 0.29) is 4.90 Å². The van der Waals surface area contributed by atoms with Crippen LogP contribution in [0.1, 0.15) is 43.7 Å². The first-order valence-electron chi connectivity index (χ1n) is 7.73. The molecule has 6 heteroatoms. The molecule has 0 saturated carbocycles. The van der Waals surface area contributed by atoms with Crippen LogP contribution in [0.3, 0.4) is 0 Å². The summed E-state index contributed by atoms with van der Waals surface area (Å²) >= 11 is 0. The van der Waals surface area contributed by atoms with Gasteiger partial charge in [-0.1, -0.05) is 38.3 Å². The highest BCUT2D eigenvalue weighted by atomic mass is 32.2. The summed E-state index contributed by atoms with van der Waals surface area (Å²) in [6.45, 7) is 2.15. The second-order valence-corrected chi connectivity index (χ2v) is 7.63. The Hall–Kier alpha value is -1.66. The molecule has 1 aromatic rings. The number of carbonyl (C=O) groups excluding carboxylic acids is 1. The summed E-state index contributed by atoms with van der Waals surface area (Å²) in [5, 5.41) is 9.47. The first-order valence-corrected chi connectivity index (χ1v) is 9.62. The monoisotopic (exact) mass is 339 g/mol. The summed E-state index contributed by atoms with van der Waals surface area (Å²) < 4.78 is 24.0. The minimum atomic E-state index is -3.40. The Labute approximate surface area is 138 Å². The van der Waals surface area contributed by atoms with Crippen molar-refractivity contribution in [1.29, 1.82) is 0 Å². The number of aryl methyl sites for hydroxylation is 1. The van der Waals surface area contributed by atoms with Crippen LogP contribution in [0.5, 0.6) is 0 Å². The molecule has 0 radical (unpaired) electrons. The molecule has 0 fully saturated rings. The minimum Gasteiger partial charge on any atom is -0.286 e. The second kappa shape index (κ2) is 8.84. The van der Waals surface area contributed by atoms with Crippen LogP contribution in [0, 0.1) is 0 Å². The third-order valence-electron chi connectivity index (χ3n) is 3.52. The van der Waals surface area contributed by atoms with Gasteiger partial charge in [-0.3, -0.25) is 10.0 Å². The van der Waals surface area contributed by atoms with Gasteiger partial charge in [-0.05, 0) is 36.1 Å². The molecule has 0 aromatic heterocycles. The van der Waals surface area contributed by atoms with Crippen molar-refractivity contribution in [3.8, 4) is 0 Å². The predicted molar refractivity (Wildman–Crippen MR) is 91.0 cm³/mol. The van der Waals surface area contributed by atoms with Crippen molar-refractivity contribution < 1.29 is 18.4 Å². The Bertz CT molecular complexity index is 663. The summed E-state index contributed by atoms with van der Waals surface area (Å²) in [4.78, 5) is 11.6. The van der Waals surface area contributed by atoms with Crippen molar-refractivity contribution in [2.24, 2.45) is 0 Å². The van der Waals surface area contributed by atoms with E-state index in [1.54, 1.807) is 12.1 Å². The molecule has 5 nitrogen and oxygen atoms in total. The standard InChI is InChI=1S/C17H25NO4S/c1-4-5-6-7-8-14-9-10-15(11-12-17(19)18(2)20)16(13-14)23(3,21)22/h9-13,20H,4-8H2,1-3H3. The van der Waals surface area contributed by atoms with Crippen molar-refractivity contribution in [3.63, 3.8) is 0 Å². The molecule has 0 saturated heterocycles. The van der Waals surface area contributed by atoms with Gasteiger partial charge in [-0.2, -0.15) is 0 Å². The predicted octanol–water partition coefficient (Wildman–Crippen LogP) is 3.07. The van der Waals surface area contributed by atoms with Gasteiger partial charge in [0.25, 0.3) is 5.91 Å². The zero-order valence-corrected chi connectivity index (χ0v) is 14.8. The maximum absolute atomic E-state index is 12.0. The van der Waals surface area contributed by atoms with Gasteiger partial charge in [0.05, 0.1) is 4.90 Å². The number of rotatable bonds is 8. The van der Waals surface area contributed by atoms with Gasteiger partial charge < -0.3 is 0 Å². The number of unbranched alkanes of at least 4 members (excludes halogenated alkanes) is 3. The number of likely N-dealkylation sites (N-methyl/N-ethyl adjacent to an activating group) is 1. The highest BCUT2D eigenvalue weighted by Gasteiger charge is 2.13. The lowest BCUT2D eigenvalue weighted by molar-refractivity contribution is -0.153. The molecule has 1 aromatic carbocycles. The van der Waals surface area contributed by atoms with E-state index in [9.17, 15) is 13.2 Å². The molecule has 1 amide bonds. The Morgan fingerprint density at radius 1 is 1.26 bits per heavy atom. The topological polar surface area (TPSA) is 74.7 Å². The average molecular weight is 339 g/mol. The lowest BCUT2D eigenvalue weighted by Crippen LogP contribution is -2.19. The number of sulfone groups is 1. The number of hydrogen-bond donors (Lipinski definition) is 1. The molecule has 1 N–H and O–H groups in total. The third kappa shape index (κ3) is 6.54. The molecule has 0 aliphatic rings. The molecule has 0 heterocycles. The Morgan fingerprint density at radius 2 is 1.96 bits per heavy atom. The van der Waals surface area contributed by atoms with E-state index in [0.29, 0.717) is 10.6 Å². The van der Waals surface area contributed by atoms with Crippen molar-refractivity contribution in [3.05, 3.63) is 35.4 Å². The fourth-order valence-corrected chi connectivity index (χ4v) is 3.15. The van der Waals surface area contributed by atoms with Crippen molar-refractivity contribution >= 4 is 21.8 Å². The maximum Gasteiger partial charge on any atom is 0.269 e. The molecule has 0 aliphatic heterocycles. The zero-order valence-electron chi connectivity index (χ0n) is 13.9. The van der Waals surface area contributed by atoms with E-state index < -0.39 is 15.7 Å². The highest BCUT2D eigenvalue weighted by molar-refractivity contribution is 7.90. The van der Waals surface area contributed by atoms with Gasteiger partial charge in [-0.15, -0.1) is 0 Å². The summed E-state index contributed by atoms with van der Waals surface area (Å²) in [5.41, 5.74) is 1.42. The number of amides is 1. The van der Waals surface area contributed by atoms with Gasteiger partial charge in [0.2, 0.25) is 0 Å². The van der Waals surface area contributed by atoms with E-state index in [1.807, 2.05) is 6.07 Å². The molecule has 0 spiro atoms. The van der Waals surface area contributed by atoms with E-state index in [0.717, 1.165) is 43.6 Å². The number of carbonyl (C=O) groups is 1. The zero-order chi connectivity index (χ0) is 17.5. The van der Waals surface area contributed by atoms with Crippen molar-refractivity contribution in [2.45, 2.75) is 43.9 Å². The lowest BCUT2D eigenvalue weighted by atomic mass is 10.0. The molecule has 0 unspecified atom stereocenters. The Kier molecular flexibility index (Phi) is 7.45. The van der Waals surface area contributed by atoms with Crippen LogP contribution < -0.4 is 0 Å². The first kappa shape index (κ1) is 19.4. The van der Waals surface area contributed by atoms with Crippen LogP contribution in [0.25, 0.3) is 6.08 Å². The second-order valence-electron chi connectivity index (χ2n) is 5.65. The molecule has 23 heavy (non-hydrogen) atoms. The maximum atomic E-state index is 12.0. The van der Waals surface area contributed by atoms with Gasteiger partial charge in [0.15, 0.2) is 9.84 Å². The third-order valence-corrected chi connectivity index (χ3v) is 4.67. The molecule has 0 atom stereocenters. The summed E-state index contributed by atoms with van der Waals surface area (Å²) in [5.74, 6) is -0.618. The SMILES string of the molecule is CCCCCCc1ccc(C=CC(=O)N(C)O)c(S(C)(=O)=O)c1. The molecule has 0 aliphatic carbocycles. The quantitative estimate of drug-likeness (QED) is 0.342. The van der Waals surface area contributed by atoms with Crippen LogP contribution in [-0.4, -0.2) is 37.9 Å². The van der Waals surface area contributed by atoms with E-state index in [1.165, 1.54) is 19.5 Å². The number of hydroxylamine groups is 2. The van der Waals surface area contributed by atoms with Gasteiger partial charge in [0.1, 0.15) is 0 Å². The number of hydrogen-bond acceptors (Lipinski definition) is 4.